The second-order valence-electron chi connectivity index (χ2n) is 4.49. The lowest BCUT2D eigenvalue weighted by Crippen LogP contribution is -2.31. The lowest BCUT2D eigenvalue weighted by atomic mass is 10.1. The van der Waals surface area contributed by atoms with Crippen LogP contribution in [-0.2, 0) is 9.59 Å². The molecule has 1 aliphatic carbocycles. The van der Waals surface area contributed by atoms with Crippen LogP contribution in [0.2, 0.25) is 0 Å². The fourth-order valence-corrected chi connectivity index (χ4v) is 2.87. The minimum absolute atomic E-state index is 0.404. The Kier molecular flexibility index (Phi) is 2.38. The molecule has 2 N–H and O–H groups in total. The molecule has 92 valence electrons. The van der Waals surface area contributed by atoms with Gasteiger partial charge in [0.1, 0.15) is 5.41 Å². The first-order valence-electron chi connectivity index (χ1n) is 5.64. The second kappa shape index (κ2) is 3.81. The lowest BCUT2D eigenvalue weighted by Gasteiger charge is -2.09. The summed E-state index contributed by atoms with van der Waals surface area (Å²) in [5.41, 5.74) is -0.489. The molecule has 1 aromatic carbocycles. The molecule has 1 amide bonds. The van der Waals surface area contributed by atoms with Crippen LogP contribution in [0, 0.1) is 5.41 Å². The molecule has 0 bridgehead atoms. The first-order chi connectivity index (χ1) is 8.63. The average Bonchev–Trinajstić information content (AvgIpc) is 3.09. The molecular formula is C13H11NO3S. The number of rotatable bonds is 3. The smallest absolute Gasteiger partial charge is 0.319 e. The third-order valence-corrected chi connectivity index (χ3v) is 4.29. The van der Waals surface area contributed by atoms with Gasteiger partial charge in [0.15, 0.2) is 0 Å². The highest BCUT2D eigenvalue weighted by Crippen LogP contribution is 2.47. The van der Waals surface area contributed by atoms with Crippen LogP contribution in [0.1, 0.15) is 12.8 Å². The van der Waals surface area contributed by atoms with Gasteiger partial charge >= 0.3 is 5.97 Å². The Labute approximate surface area is 107 Å². The summed E-state index contributed by atoms with van der Waals surface area (Å²) in [6, 6.07) is 7.72. The first-order valence-corrected chi connectivity index (χ1v) is 6.52. The number of carboxylic acid groups (broad SMARTS) is 1. The van der Waals surface area contributed by atoms with E-state index in [1.54, 1.807) is 0 Å². The Hall–Kier alpha value is -1.88. The summed E-state index contributed by atoms with van der Waals surface area (Å²) in [5, 5.41) is 14.6. The summed E-state index contributed by atoms with van der Waals surface area (Å²) >= 11 is 1.53. The number of amides is 1. The van der Waals surface area contributed by atoms with Crippen LogP contribution in [0.4, 0.5) is 5.69 Å². The zero-order valence-electron chi connectivity index (χ0n) is 9.47. The number of thiophene rings is 1. The van der Waals surface area contributed by atoms with Crippen LogP contribution < -0.4 is 5.32 Å². The minimum Gasteiger partial charge on any atom is -0.480 e. The van der Waals surface area contributed by atoms with E-state index < -0.39 is 17.3 Å². The molecule has 1 aromatic heterocycles. The van der Waals surface area contributed by atoms with E-state index in [0.29, 0.717) is 18.5 Å². The number of carboxylic acids is 1. The van der Waals surface area contributed by atoms with Crippen molar-refractivity contribution < 1.29 is 14.7 Å². The zero-order chi connectivity index (χ0) is 12.8. The number of nitrogens with one attached hydrogen (secondary N) is 1. The highest BCUT2D eigenvalue weighted by Gasteiger charge is 2.57. The zero-order valence-corrected chi connectivity index (χ0v) is 10.3. The highest BCUT2D eigenvalue weighted by molar-refractivity contribution is 7.17. The highest BCUT2D eigenvalue weighted by atomic mass is 32.1. The Balaban J connectivity index is 1.89. The number of carbonyl (C=O) groups is 2. The summed E-state index contributed by atoms with van der Waals surface area (Å²) in [4.78, 5) is 23.1. The van der Waals surface area contributed by atoms with Crippen molar-refractivity contribution in [1.82, 2.24) is 0 Å². The number of aliphatic carboxylic acids is 1. The number of hydrogen-bond acceptors (Lipinski definition) is 3. The SMILES string of the molecule is O=C(O)C1(C(=O)Nc2csc3ccccc23)CC1. The van der Waals surface area contributed by atoms with Crippen molar-refractivity contribution >= 4 is 39.0 Å². The third kappa shape index (κ3) is 1.59. The molecule has 0 unspecified atom stereocenters. The molecule has 0 aliphatic heterocycles. The number of hydrogen-bond donors (Lipinski definition) is 2. The predicted octanol–water partition coefficient (Wildman–Crippen LogP) is 2.70. The Morgan fingerprint density at radius 1 is 1.28 bits per heavy atom. The van der Waals surface area contributed by atoms with Gasteiger partial charge in [0.2, 0.25) is 5.91 Å². The van der Waals surface area contributed by atoms with E-state index in [0.717, 1.165) is 10.1 Å². The number of carbonyl (C=O) groups excluding carboxylic acids is 1. The molecule has 1 aliphatic rings. The summed E-state index contributed by atoms with van der Waals surface area (Å²) in [6.07, 6.45) is 0.854. The van der Waals surface area contributed by atoms with Crippen molar-refractivity contribution in [3.63, 3.8) is 0 Å². The molecule has 18 heavy (non-hydrogen) atoms. The van der Waals surface area contributed by atoms with Crippen LogP contribution in [0.5, 0.6) is 0 Å². The standard InChI is InChI=1S/C13H11NO3S/c15-11(13(5-6-13)12(16)17)14-9-7-18-10-4-2-1-3-8(9)10/h1-4,7H,5-6H2,(H,14,15)(H,16,17). The quantitative estimate of drug-likeness (QED) is 0.835. The van der Waals surface area contributed by atoms with Gasteiger partial charge in [-0.1, -0.05) is 18.2 Å². The van der Waals surface area contributed by atoms with E-state index in [2.05, 4.69) is 5.32 Å². The van der Waals surface area contributed by atoms with E-state index >= 15 is 0 Å². The summed E-state index contributed by atoms with van der Waals surface area (Å²) < 4.78 is 1.08. The number of benzene rings is 1. The second-order valence-corrected chi connectivity index (χ2v) is 5.40. The molecule has 1 fully saturated rings. The lowest BCUT2D eigenvalue weighted by molar-refractivity contribution is -0.147. The van der Waals surface area contributed by atoms with Gasteiger partial charge in [-0.05, 0) is 18.9 Å². The van der Waals surface area contributed by atoms with Crippen LogP contribution in [0.25, 0.3) is 10.1 Å². The molecule has 4 nitrogen and oxygen atoms in total. The van der Waals surface area contributed by atoms with Crippen molar-refractivity contribution in [2.45, 2.75) is 12.8 Å². The van der Waals surface area contributed by atoms with Gasteiger partial charge < -0.3 is 10.4 Å². The molecule has 2 aromatic rings. The maximum atomic E-state index is 12.0. The molecule has 0 saturated heterocycles. The summed E-state index contributed by atoms with van der Waals surface area (Å²) in [7, 11) is 0. The van der Waals surface area contributed by atoms with Gasteiger partial charge in [0, 0.05) is 15.5 Å². The number of anilines is 1. The Morgan fingerprint density at radius 3 is 2.67 bits per heavy atom. The molecule has 0 spiro atoms. The van der Waals surface area contributed by atoms with Gasteiger partial charge in [-0.3, -0.25) is 9.59 Å². The maximum absolute atomic E-state index is 12.0. The van der Waals surface area contributed by atoms with Gasteiger partial charge in [-0.2, -0.15) is 0 Å². The third-order valence-electron chi connectivity index (χ3n) is 3.32. The molecule has 1 saturated carbocycles. The average molecular weight is 261 g/mol. The molecule has 1 heterocycles. The van der Waals surface area contributed by atoms with E-state index in [-0.39, 0.29) is 0 Å². The Morgan fingerprint density at radius 2 is 2.00 bits per heavy atom. The minimum atomic E-state index is -1.19. The van der Waals surface area contributed by atoms with Crippen LogP contribution >= 0.6 is 11.3 Å². The van der Waals surface area contributed by atoms with Gasteiger partial charge in [0.05, 0.1) is 5.69 Å². The van der Waals surface area contributed by atoms with E-state index in [1.807, 2.05) is 29.6 Å². The molecular weight excluding hydrogens is 250 g/mol. The van der Waals surface area contributed by atoms with Crippen molar-refractivity contribution in [2.75, 3.05) is 5.32 Å². The normalized spacial score (nSPS) is 16.4. The summed E-state index contributed by atoms with van der Waals surface area (Å²) in [6.45, 7) is 0. The molecule has 3 rings (SSSR count). The van der Waals surface area contributed by atoms with E-state index in [9.17, 15) is 9.59 Å². The fraction of sp³-hybridized carbons (Fsp3) is 0.231. The molecule has 0 atom stereocenters. The monoisotopic (exact) mass is 261 g/mol. The molecule has 5 heteroatoms. The van der Waals surface area contributed by atoms with Crippen molar-refractivity contribution in [1.29, 1.82) is 0 Å². The van der Waals surface area contributed by atoms with Crippen molar-refractivity contribution in [3.05, 3.63) is 29.6 Å². The van der Waals surface area contributed by atoms with E-state index in [1.165, 1.54) is 11.3 Å². The Bertz CT molecular complexity index is 642. The van der Waals surface area contributed by atoms with Crippen LogP contribution in [0.15, 0.2) is 29.6 Å². The van der Waals surface area contributed by atoms with Gasteiger partial charge in [-0.25, -0.2) is 0 Å². The van der Waals surface area contributed by atoms with Crippen LogP contribution in [-0.4, -0.2) is 17.0 Å². The maximum Gasteiger partial charge on any atom is 0.319 e. The first kappa shape index (κ1) is 11.2. The van der Waals surface area contributed by atoms with Gasteiger partial charge in [0.25, 0.3) is 0 Å². The molecule has 0 radical (unpaired) electrons. The van der Waals surface area contributed by atoms with Crippen molar-refractivity contribution in [3.8, 4) is 0 Å². The van der Waals surface area contributed by atoms with E-state index in [4.69, 9.17) is 5.11 Å². The topological polar surface area (TPSA) is 66.4 Å². The van der Waals surface area contributed by atoms with Gasteiger partial charge in [-0.15, -0.1) is 11.3 Å². The van der Waals surface area contributed by atoms with Crippen molar-refractivity contribution in [2.24, 2.45) is 5.41 Å². The fourth-order valence-electron chi connectivity index (χ4n) is 1.98. The largest absolute Gasteiger partial charge is 0.480 e. The van der Waals surface area contributed by atoms with Crippen LogP contribution in [0.3, 0.4) is 0 Å². The summed E-state index contributed by atoms with van der Waals surface area (Å²) in [5.74, 6) is -1.43. The predicted molar refractivity (Wildman–Crippen MR) is 69.8 cm³/mol. The number of fused-ring (bicyclic) bond motifs is 1.